The van der Waals surface area contributed by atoms with E-state index in [0.29, 0.717) is 12.5 Å². The second kappa shape index (κ2) is 7.14. The highest BCUT2D eigenvalue weighted by Crippen LogP contribution is 2.15. The van der Waals surface area contributed by atoms with E-state index in [1.54, 1.807) is 11.9 Å². The van der Waals surface area contributed by atoms with Gasteiger partial charge in [0.25, 0.3) is 0 Å². The van der Waals surface area contributed by atoms with Crippen LogP contribution in [0.1, 0.15) is 34.1 Å². The van der Waals surface area contributed by atoms with Gasteiger partial charge >= 0.3 is 0 Å². The Morgan fingerprint density at radius 1 is 1.35 bits per heavy atom. The van der Waals surface area contributed by atoms with Crippen molar-refractivity contribution in [1.29, 1.82) is 0 Å². The predicted molar refractivity (Wildman–Crippen MR) is 68.8 cm³/mol. The van der Waals surface area contributed by atoms with Gasteiger partial charge in [0, 0.05) is 13.6 Å². The van der Waals surface area contributed by atoms with E-state index in [1.807, 2.05) is 13.8 Å². The van der Waals surface area contributed by atoms with Gasteiger partial charge in [-0.05, 0) is 18.3 Å². The van der Waals surface area contributed by atoms with E-state index in [4.69, 9.17) is 10.9 Å². The Kier molecular flexibility index (Phi) is 6.61. The molecule has 0 aromatic rings. The van der Waals surface area contributed by atoms with Crippen molar-refractivity contribution in [3.63, 3.8) is 0 Å². The smallest absolute Gasteiger partial charge is 0.233 e. The van der Waals surface area contributed by atoms with Gasteiger partial charge in [0.05, 0.1) is 0 Å². The molecule has 1 amide bonds. The molecule has 0 spiro atoms. The van der Waals surface area contributed by atoms with Gasteiger partial charge in [-0.2, -0.15) is 0 Å². The highest BCUT2D eigenvalue weighted by atomic mass is 16.4. The van der Waals surface area contributed by atoms with E-state index >= 15 is 0 Å². The highest BCUT2D eigenvalue weighted by molar-refractivity contribution is 6.02. The molecule has 5 nitrogen and oxygen atoms in total. The molecular weight excluding hydrogens is 218 g/mol. The first-order valence-corrected chi connectivity index (χ1v) is 6.03. The lowest BCUT2D eigenvalue weighted by molar-refractivity contribution is -0.133. The van der Waals surface area contributed by atoms with Crippen LogP contribution in [0.3, 0.4) is 0 Å². The number of amidine groups is 1. The number of hydrogen-bond acceptors (Lipinski definition) is 3. The summed E-state index contributed by atoms with van der Waals surface area (Å²) in [6.45, 7) is 8.69. The van der Waals surface area contributed by atoms with Gasteiger partial charge in [-0.25, -0.2) is 0 Å². The van der Waals surface area contributed by atoms with Crippen molar-refractivity contribution in [2.45, 2.75) is 34.1 Å². The molecule has 5 heteroatoms. The van der Waals surface area contributed by atoms with Gasteiger partial charge in [0.15, 0.2) is 5.84 Å². The monoisotopic (exact) mass is 243 g/mol. The molecule has 17 heavy (non-hydrogen) atoms. The molecule has 100 valence electrons. The third-order valence-electron chi connectivity index (χ3n) is 2.78. The van der Waals surface area contributed by atoms with Crippen molar-refractivity contribution in [1.82, 2.24) is 4.90 Å². The summed E-state index contributed by atoms with van der Waals surface area (Å²) in [5.74, 6) is -0.0824. The molecule has 0 bridgehead atoms. The standard InChI is InChI=1S/C12H25N3O2/c1-8(2)6-7-15(5)12(16)10(9(3)4)11(13)14-17/h8-10,17H,6-7H2,1-5H3,(H2,13,14). The molecule has 1 unspecified atom stereocenters. The second-order valence-electron chi connectivity index (χ2n) is 5.19. The van der Waals surface area contributed by atoms with Crippen LogP contribution in [0, 0.1) is 17.8 Å². The summed E-state index contributed by atoms with van der Waals surface area (Å²) in [6, 6.07) is 0. The minimum Gasteiger partial charge on any atom is -0.409 e. The Balaban J connectivity index is 4.62. The molecule has 1 atom stereocenters. The molecule has 0 aromatic heterocycles. The van der Waals surface area contributed by atoms with Crippen LogP contribution in [0.2, 0.25) is 0 Å². The Hall–Kier alpha value is -1.26. The molecule has 0 saturated carbocycles. The van der Waals surface area contributed by atoms with Crippen LogP contribution in [-0.2, 0) is 4.79 Å². The van der Waals surface area contributed by atoms with Crippen LogP contribution < -0.4 is 5.73 Å². The predicted octanol–water partition coefficient (Wildman–Crippen LogP) is 1.51. The van der Waals surface area contributed by atoms with Crippen molar-refractivity contribution in [2.24, 2.45) is 28.6 Å². The zero-order valence-electron chi connectivity index (χ0n) is 11.5. The summed E-state index contributed by atoms with van der Waals surface area (Å²) in [7, 11) is 1.75. The van der Waals surface area contributed by atoms with Gasteiger partial charge in [-0.3, -0.25) is 4.79 Å². The highest BCUT2D eigenvalue weighted by Gasteiger charge is 2.29. The largest absolute Gasteiger partial charge is 0.409 e. The minimum absolute atomic E-state index is 0.0126. The summed E-state index contributed by atoms with van der Waals surface area (Å²) in [5.41, 5.74) is 5.57. The summed E-state index contributed by atoms with van der Waals surface area (Å²) < 4.78 is 0. The van der Waals surface area contributed by atoms with Gasteiger partial charge < -0.3 is 15.8 Å². The van der Waals surface area contributed by atoms with E-state index < -0.39 is 5.92 Å². The molecule has 3 N–H and O–H groups in total. The van der Waals surface area contributed by atoms with Gasteiger partial charge in [0.2, 0.25) is 5.91 Å². The van der Waals surface area contributed by atoms with E-state index in [-0.39, 0.29) is 17.7 Å². The SMILES string of the molecule is CC(C)CCN(C)C(=O)C(C(N)=NO)C(C)C. The number of amides is 1. The maximum absolute atomic E-state index is 12.2. The fraction of sp³-hybridized carbons (Fsp3) is 0.833. The molecule has 0 fully saturated rings. The first kappa shape index (κ1) is 15.7. The first-order valence-electron chi connectivity index (χ1n) is 6.03. The van der Waals surface area contributed by atoms with Gasteiger partial charge in [-0.15, -0.1) is 0 Å². The second-order valence-corrected chi connectivity index (χ2v) is 5.19. The zero-order chi connectivity index (χ0) is 13.6. The molecule has 0 aromatic carbocycles. The summed E-state index contributed by atoms with van der Waals surface area (Å²) in [4.78, 5) is 13.8. The van der Waals surface area contributed by atoms with Crippen molar-refractivity contribution in [3.05, 3.63) is 0 Å². The number of rotatable bonds is 6. The fourth-order valence-corrected chi connectivity index (χ4v) is 1.61. The van der Waals surface area contributed by atoms with E-state index in [9.17, 15) is 4.79 Å². The van der Waals surface area contributed by atoms with Crippen LogP contribution in [0.15, 0.2) is 5.16 Å². The number of hydrogen-bond donors (Lipinski definition) is 2. The molecule has 0 heterocycles. The molecule has 0 aliphatic carbocycles. The van der Waals surface area contributed by atoms with E-state index in [2.05, 4.69) is 19.0 Å². The Morgan fingerprint density at radius 2 is 1.88 bits per heavy atom. The number of oxime groups is 1. The minimum atomic E-state index is -0.544. The van der Waals surface area contributed by atoms with E-state index in [0.717, 1.165) is 6.42 Å². The van der Waals surface area contributed by atoms with Gasteiger partial charge in [-0.1, -0.05) is 32.9 Å². The molecule has 0 saturated heterocycles. The number of carbonyl (C=O) groups excluding carboxylic acids is 1. The van der Waals surface area contributed by atoms with Crippen molar-refractivity contribution in [2.75, 3.05) is 13.6 Å². The normalized spacial score (nSPS) is 14.2. The van der Waals surface area contributed by atoms with E-state index in [1.165, 1.54) is 0 Å². The van der Waals surface area contributed by atoms with Crippen LogP contribution in [0.4, 0.5) is 0 Å². The average Bonchev–Trinajstić information content (AvgIpc) is 2.24. The quantitative estimate of drug-likeness (QED) is 0.321. The van der Waals surface area contributed by atoms with Crippen LogP contribution in [0.5, 0.6) is 0 Å². The summed E-state index contributed by atoms with van der Waals surface area (Å²) >= 11 is 0. The number of carbonyl (C=O) groups is 1. The van der Waals surface area contributed by atoms with Crippen LogP contribution in [0.25, 0.3) is 0 Å². The Bertz CT molecular complexity index is 275. The van der Waals surface area contributed by atoms with Crippen molar-refractivity contribution >= 4 is 11.7 Å². The van der Waals surface area contributed by atoms with Crippen LogP contribution >= 0.6 is 0 Å². The average molecular weight is 243 g/mol. The zero-order valence-corrected chi connectivity index (χ0v) is 11.5. The summed E-state index contributed by atoms with van der Waals surface area (Å²) in [6.07, 6.45) is 0.948. The molecular formula is C12H25N3O2. The van der Waals surface area contributed by atoms with Crippen molar-refractivity contribution in [3.8, 4) is 0 Å². The lowest BCUT2D eigenvalue weighted by atomic mass is 9.93. The van der Waals surface area contributed by atoms with Crippen LogP contribution in [-0.4, -0.2) is 35.4 Å². The lowest BCUT2D eigenvalue weighted by Gasteiger charge is -2.25. The third kappa shape index (κ3) is 5.06. The Labute approximate surface area is 104 Å². The number of nitrogens with two attached hydrogens (primary N) is 1. The third-order valence-corrected chi connectivity index (χ3v) is 2.78. The molecule has 0 rings (SSSR count). The first-order chi connectivity index (χ1) is 7.81. The maximum Gasteiger partial charge on any atom is 0.233 e. The van der Waals surface area contributed by atoms with Crippen molar-refractivity contribution < 1.29 is 10.0 Å². The molecule has 0 aliphatic heterocycles. The summed E-state index contributed by atoms with van der Waals surface area (Å²) in [5, 5.41) is 11.7. The van der Waals surface area contributed by atoms with Gasteiger partial charge in [0.1, 0.15) is 5.92 Å². The molecule has 0 aliphatic rings. The Morgan fingerprint density at radius 3 is 2.24 bits per heavy atom. The topological polar surface area (TPSA) is 78.9 Å². The number of nitrogens with zero attached hydrogens (tertiary/aromatic N) is 2. The molecule has 0 radical (unpaired) electrons. The fourth-order valence-electron chi connectivity index (χ4n) is 1.61. The lowest BCUT2D eigenvalue weighted by Crippen LogP contribution is -2.43. The maximum atomic E-state index is 12.2.